The van der Waals surface area contributed by atoms with Crippen molar-refractivity contribution in [1.82, 2.24) is 15.1 Å². The molecular weight excluding hydrogens is 549 g/mol. The third-order valence-corrected chi connectivity index (χ3v) is 6.02. The number of hydrogen-bond donors (Lipinski definition) is 3. The molecule has 11 nitrogen and oxygen atoms in total. The van der Waals surface area contributed by atoms with Crippen LogP contribution in [0.3, 0.4) is 0 Å². The number of alkyl halides is 3. The summed E-state index contributed by atoms with van der Waals surface area (Å²) in [4.78, 5) is 35.6. The first-order valence-corrected chi connectivity index (χ1v) is 12.2. The predicted molar refractivity (Wildman–Crippen MR) is 141 cm³/mol. The number of carboxylic acid groups (broad SMARTS) is 1. The second-order valence-electron chi connectivity index (χ2n) is 9.17. The van der Waals surface area contributed by atoms with E-state index in [1.165, 1.54) is 4.90 Å². The number of hydrogen-bond acceptors (Lipinski definition) is 7. The van der Waals surface area contributed by atoms with Gasteiger partial charge in [0.05, 0.1) is 24.9 Å². The molecule has 2 heterocycles. The Morgan fingerprint density at radius 3 is 2.49 bits per heavy atom. The number of aromatic amines is 1. The summed E-state index contributed by atoms with van der Waals surface area (Å²) in [6, 6.07) is 11.0. The summed E-state index contributed by atoms with van der Waals surface area (Å²) in [6.07, 6.45) is -2.83. The molecule has 3 aromatic rings. The lowest BCUT2D eigenvalue weighted by molar-refractivity contribution is -0.192. The second kappa shape index (κ2) is 13.1. The molecular formula is C27H29F3N4O7. The highest BCUT2D eigenvalue weighted by molar-refractivity contribution is 5.95. The number of carbonyl (C=O) groups excluding carboxylic acids is 2. The zero-order valence-corrected chi connectivity index (χ0v) is 22.7. The predicted octanol–water partition coefficient (Wildman–Crippen LogP) is 3.68. The van der Waals surface area contributed by atoms with E-state index in [0.717, 1.165) is 33.9 Å². The molecule has 0 spiro atoms. The van der Waals surface area contributed by atoms with E-state index >= 15 is 0 Å². The molecule has 220 valence electrons. The first-order valence-electron chi connectivity index (χ1n) is 12.2. The molecule has 41 heavy (non-hydrogen) atoms. The molecule has 0 radical (unpaired) electrons. The van der Waals surface area contributed by atoms with Gasteiger partial charge < -0.3 is 29.5 Å². The van der Waals surface area contributed by atoms with Gasteiger partial charge in [0.2, 0.25) is 5.91 Å². The number of methoxy groups -OCH3 is 1. The Morgan fingerprint density at radius 1 is 1.20 bits per heavy atom. The normalized spacial score (nSPS) is 14.0. The van der Waals surface area contributed by atoms with Crippen LogP contribution in [0.1, 0.15) is 11.3 Å². The largest absolute Gasteiger partial charge is 0.497 e. The van der Waals surface area contributed by atoms with E-state index < -0.39 is 12.1 Å². The van der Waals surface area contributed by atoms with Crippen molar-refractivity contribution in [3.63, 3.8) is 0 Å². The van der Waals surface area contributed by atoms with E-state index in [0.29, 0.717) is 17.9 Å². The molecule has 3 N–H and O–H groups in total. The summed E-state index contributed by atoms with van der Waals surface area (Å²) in [7, 11) is 4.93. The summed E-state index contributed by atoms with van der Waals surface area (Å²) in [5, 5.41) is 17.1. The Labute approximate surface area is 233 Å². The maximum absolute atomic E-state index is 13.1. The Morgan fingerprint density at radius 2 is 1.90 bits per heavy atom. The number of aromatic nitrogens is 2. The van der Waals surface area contributed by atoms with Crippen molar-refractivity contribution in [3.05, 3.63) is 53.9 Å². The zero-order valence-electron chi connectivity index (χ0n) is 22.7. The number of amides is 2. The van der Waals surface area contributed by atoms with Crippen LogP contribution in [0.5, 0.6) is 17.2 Å². The fourth-order valence-electron chi connectivity index (χ4n) is 3.72. The molecule has 1 aliphatic rings. The van der Waals surface area contributed by atoms with Gasteiger partial charge in [-0.15, -0.1) is 0 Å². The van der Waals surface area contributed by atoms with Crippen LogP contribution in [0, 0.1) is 12.8 Å². The highest BCUT2D eigenvalue weighted by atomic mass is 19.4. The van der Waals surface area contributed by atoms with Crippen LogP contribution in [0.15, 0.2) is 42.6 Å². The fourth-order valence-corrected chi connectivity index (χ4v) is 3.72. The van der Waals surface area contributed by atoms with Gasteiger partial charge in [-0.05, 0) is 54.8 Å². The topological polar surface area (TPSA) is 143 Å². The van der Waals surface area contributed by atoms with Gasteiger partial charge in [-0.1, -0.05) is 6.07 Å². The molecule has 0 bridgehead atoms. The van der Waals surface area contributed by atoms with Crippen molar-refractivity contribution in [3.8, 4) is 28.4 Å². The lowest BCUT2D eigenvalue weighted by Crippen LogP contribution is -2.33. The van der Waals surface area contributed by atoms with E-state index in [1.807, 2.05) is 31.2 Å². The van der Waals surface area contributed by atoms with Crippen molar-refractivity contribution in [2.45, 2.75) is 19.5 Å². The molecule has 4 rings (SSSR count). The minimum absolute atomic E-state index is 0.149. The number of rotatable bonds is 7. The lowest BCUT2D eigenvalue weighted by Gasteiger charge is -2.25. The Bertz CT molecular complexity index is 1410. The number of carbonyl (C=O) groups is 3. The summed E-state index contributed by atoms with van der Waals surface area (Å²) >= 11 is 0. The number of halogens is 3. The quantitative estimate of drug-likeness (QED) is 0.385. The van der Waals surface area contributed by atoms with E-state index in [1.54, 1.807) is 39.5 Å². The van der Waals surface area contributed by atoms with Gasteiger partial charge in [0, 0.05) is 25.4 Å². The monoisotopic (exact) mass is 578 g/mol. The fraction of sp³-hybridized carbons (Fsp3) is 0.333. The van der Waals surface area contributed by atoms with Crippen LogP contribution < -0.4 is 19.5 Å². The highest BCUT2D eigenvalue weighted by Crippen LogP contribution is 2.34. The van der Waals surface area contributed by atoms with Gasteiger partial charge in [0.15, 0.2) is 6.61 Å². The van der Waals surface area contributed by atoms with E-state index in [-0.39, 0.29) is 30.9 Å². The molecule has 0 fully saturated rings. The molecule has 1 atom stereocenters. The zero-order chi connectivity index (χ0) is 30.3. The standard InChI is InChI=1S/C25H28N4O5.C2HF3O2/c1-15-20(12-26-28-15)16-5-7-21(23(11-16)34-14-24(30)29(2)3)27-25(31)18-9-17-10-19(32-4)6-8-22(17)33-13-18;3-2(4,5)1(6)7/h5-8,10-12,18H,9,13-14H2,1-4H3,(H,26,28)(H,27,31);(H,6,7). The molecule has 1 aliphatic heterocycles. The summed E-state index contributed by atoms with van der Waals surface area (Å²) in [6.45, 7) is 2.04. The van der Waals surface area contributed by atoms with Crippen molar-refractivity contribution in [2.24, 2.45) is 5.92 Å². The number of anilines is 1. The van der Waals surface area contributed by atoms with E-state index in [4.69, 9.17) is 24.1 Å². The Balaban J connectivity index is 0.000000587. The van der Waals surface area contributed by atoms with Crippen LogP contribution in [-0.2, 0) is 20.8 Å². The molecule has 0 aliphatic carbocycles. The number of aliphatic carboxylic acids is 1. The summed E-state index contributed by atoms with van der Waals surface area (Å²) in [5.74, 6) is -1.64. The van der Waals surface area contributed by atoms with Crippen molar-refractivity contribution in [2.75, 3.05) is 39.7 Å². The number of nitrogens with zero attached hydrogens (tertiary/aromatic N) is 2. The van der Waals surface area contributed by atoms with Gasteiger partial charge in [0.25, 0.3) is 5.91 Å². The van der Waals surface area contributed by atoms with Crippen LogP contribution in [0.4, 0.5) is 18.9 Å². The van der Waals surface area contributed by atoms with Gasteiger partial charge in [-0.25, -0.2) is 4.79 Å². The number of H-pyrrole nitrogens is 1. The lowest BCUT2D eigenvalue weighted by atomic mass is 9.95. The average Bonchev–Trinajstić information content (AvgIpc) is 3.36. The third kappa shape index (κ3) is 8.13. The number of ether oxygens (including phenoxy) is 3. The van der Waals surface area contributed by atoms with Crippen LogP contribution >= 0.6 is 0 Å². The molecule has 1 unspecified atom stereocenters. The SMILES string of the molecule is COc1ccc2c(c1)CC(C(=O)Nc1ccc(-c3cn[nH]c3C)cc1OCC(=O)N(C)C)CO2.O=C(O)C(F)(F)F. The number of nitrogens with one attached hydrogen (secondary N) is 2. The number of carboxylic acids is 1. The first kappa shape index (κ1) is 30.8. The maximum atomic E-state index is 13.1. The first-order chi connectivity index (χ1) is 19.3. The average molecular weight is 579 g/mol. The summed E-state index contributed by atoms with van der Waals surface area (Å²) < 4.78 is 48.7. The minimum atomic E-state index is -5.08. The van der Waals surface area contributed by atoms with Gasteiger partial charge >= 0.3 is 12.1 Å². The number of fused-ring (bicyclic) bond motifs is 1. The molecule has 0 saturated heterocycles. The van der Waals surface area contributed by atoms with Gasteiger partial charge in [-0.3, -0.25) is 14.7 Å². The number of likely N-dealkylation sites (N-methyl/N-ethyl adjacent to an activating group) is 1. The molecule has 0 saturated carbocycles. The molecule has 14 heteroatoms. The third-order valence-electron chi connectivity index (χ3n) is 6.02. The van der Waals surface area contributed by atoms with Crippen molar-refractivity contribution in [1.29, 1.82) is 0 Å². The Kier molecular flexibility index (Phi) is 9.81. The van der Waals surface area contributed by atoms with Gasteiger partial charge in [-0.2, -0.15) is 18.3 Å². The minimum Gasteiger partial charge on any atom is -0.497 e. The molecule has 2 amide bonds. The maximum Gasteiger partial charge on any atom is 0.490 e. The summed E-state index contributed by atoms with van der Waals surface area (Å²) in [5.41, 5.74) is 4.08. The Hall–Kier alpha value is -4.75. The number of benzene rings is 2. The van der Waals surface area contributed by atoms with Crippen LogP contribution in [-0.4, -0.2) is 78.6 Å². The highest BCUT2D eigenvalue weighted by Gasteiger charge is 2.38. The molecule has 2 aromatic carbocycles. The van der Waals surface area contributed by atoms with Crippen molar-refractivity contribution >= 4 is 23.5 Å². The second-order valence-corrected chi connectivity index (χ2v) is 9.17. The van der Waals surface area contributed by atoms with Crippen LogP contribution in [0.25, 0.3) is 11.1 Å². The van der Waals surface area contributed by atoms with Crippen LogP contribution in [0.2, 0.25) is 0 Å². The molecule has 1 aromatic heterocycles. The van der Waals surface area contributed by atoms with Gasteiger partial charge in [0.1, 0.15) is 23.9 Å². The van der Waals surface area contributed by atoms with E-state index in [9.17, 15) is 22.8 Å². The number of aryl methyl sites for hydroxylation is 1. The smallest absolute Gasteiger partial charge is 0.490 e. The van der Waals surface area contributed by atoms with Crippen molar-refractivity contribution < 1.29 is 46.9 Å². The van der Waals surface area contributed by atoms with E-state index in [2.05, 4.69) is 15.5 Å².